The van der Waals surface area contributed by atoms with Crippen LogP contribution in [-0.4, -0.2) is 22.6 Å². The van der Waals surface area contributed by atoms with Crippen molar-refractivity contribution < 1.29 is 4.74 Å². The summed E-state index contributed by atoms with van der Waals surface area (Å²) >= 11 is 1.67. The zero-order chi connectivity index (χ0) is 14.5. The van der Waals surface area contributed by atoms with Gasteiger partial charge in [-0.15, -0.1) is 11.3 Å². The maximum atomic E-state index is 5.72. The van der Waals surface area contributed by atoms with Crippen LogP contribution in [0.3, 0.4) is 0 Å². The Hall–Kier alpha value is -1.46. The lowest BCUT2D eigenvalue weighted by Gasteiger charge is -2.17. The highest BCUT2D eigenvalue weighted by Crippen LogP contribution is 2.25. The van der Waals surface area contributed by atoms with Crippen molar-refractivity contribution >= 4 is 11.3 Å². The second-order valence-corrected chi connectivity index (χ2v) is 5.96. The van der Waals surface area contributed by atoms with Crippen LogP contribution in [-0.2, 0) is 0 Å². The summed E-state index contributed by atoms with van der Waals surface area (Å²) in [7, 11) is 0. The highest BCUT2D eigenvalue weighted by molar-refractivity contribution is 7.09. The van der Waals surface area contributed by atoms with Crippen molar-refractivity contribution in [3.8, 4) is 5.75 Å². The van der Waals surface area contributed by atoms with E-state index in [2.05, 4.69) is 27.6 Å². The Bertz CT molecular complexity index is 554. The van der Waals surface area contributed by atoms with Gasteiger partial charge in [0, 0.05) is 11.6 Å². The number of thiazole rings is 1. The van der Waals surface area contributed by atoms with Gasteiger partial charge >= 0.3 is 0 Å². The van der Waals surface area contributed by atoms with E-state index in [1.54, 1.807) is 17.5 Å². The SMILES string of the molecule is CCNC(c1cncc(OC(C)C)c1)c1csc(C)n1. The zero-order valence-corrected chi connectivity index (χ0v) is 13.2. The van der Waals surface area contributed by atoms with Crippen molar-refractivity contribution in [1.82, 2.24) is 15.3 Å². The molecule has 1 N–H and O–H groups in total. The highest BCUT2D eigenvalue weighted by Gasteiger charge is 2.17. The van der Waals surface area contributed by atoms with Crippen molar-refractivity contribution in [2.75, 3.05) is 6.54 Å². The number of aryl methyl sites for hydroxylation is 1. The fourth-order valence-electron chi connectivity index (χ4n) is 2.04. The van der Waals surface area contributed by atoms with Gasteiger partial charge in [0.1, 0.15) is 5.75 Å². The molecule has 0 aliphatic carbocycles. The van der Waals surface area contributed by atoms with Gasteiger partial charge in [-0.25, -0.2) is 4.98 Å². The van der Waals surface area contributed by atoms with Crippen LogP contribution < -0.4 is 10.1 Å². The Morgan fingerprint density at radius 3 is 2.75 bits per heavy atom. The molecular weight excluding hydrogens is 270 g/mol. The third-order valence-corrected chi connectivity index (χ3v) is 3.57. The Kier molecular flexibility index (Phi) is 5.09. The van der Waals surface area contributed by atoms with Crippen molar-refractivity contribution in [1.29, 1.82) is 0 Å². The summed E-state index contributed by atoms with van der Waals surface area (Å²) in [6, 6.07) is 2.10. The maximum absolute atomic E-state index is 5.72. The molecule has 0 aliphatic heterocycles. The molecule has 2 aromatic heterocycles. The second-order valence-electron chi connectivity index (χ2n) is 4.90. The van der Waals surface area contributed by atoms with E-state index in [0.29, 0.717) is 0 Å². The summed E-state index contributed by atoms with van der Waals surface area (Å²) in [6.07, 6.45) is 3.76. The molecule has 0 saturated heterocycles. The minimum atomic E-state index is 0.0631. The third kappa shape index (κ3) is 3.77. The topological polar surface area (TPSA) is 47.0 Å². The Labute approximate surface area is 124 Å². The van der Waals surface area contributed by atoms with Crippen LogP contribution in [0.1, 0.15) is 43.1 Å². The van der Waals surface area contributed by atoms with Crippen molar-refractivity contribution in [3.63, 3.8) is 0 Å². The molecular formula is C15H21N3OS. The normalized spacial score (nSPS) is 12.7. The first-order chi connectivity index (χ1) is 9.60. The van der Waals surface area contributed by atoms with Crippen LogP contribution in [0.25, 0.3) is 0 Å². The lowest BCUT2D eigenvalue weighted by Crippen LogP contribution is -2.22. The quantitative estimate of drug-likeness (QED) is 0.887. The van der Waals surface area contributed by atoms with E-state index in [1.807, 2.05) is 33.0 Å². The standard InChI is InChI=1S/C15H21N3OS/c1-5-17-15(14-9-20-11(4)18-14)12-6-13(8-16-7-12)19-10(2)3/h6-10,15,17H,5H2,1-4H3. The van der Waals surface area contributed by atoms with Gasteiger partial charge in [-0.05, 0) is 38.9 Å². The van der Waals surface area contributed by atoms with Gasteiger partial charge in [0.15, 0.2) is 0 Å². The molecule has 0 radical (unpaired) electrons. The van der Waals surface area contributed by atoms with Gasteiger partial charge in [0.05, 0.1) is 29.0 Å². The molecule has 2 aromatic rings. The molecule has 5 heteroatoms. The zero-order valence-electron chi connectivity index (χ0n) is 12.4. The lowest BCUT2D eigenvalue weighted by molar-refractivity contribution is 0.241. The van der Waals surface area contributed by atoms with Crippen LogP contribution in [0, 0.1) is 6.92 Å². The highest BCUT2D eigenvalue weighted by atomic mass is 32.1. The van der Waals surface area contributed by atoms with E-state index in [1.165, 1.54) is 0 Å². The van der Waals surface area contributed by atoms with Crippen molar-refractivity contribution in [2.45, 2.75) is 39.8 Å². The number of aromatic nitrogens is 2. The summed E-state index contributed by atoms with van der Waals surface area (Å²) in [5.41, 5.74) is 2.12. The average Bonchev–Trinajstić information content (AvgIpc) is 2.82. The molecule has 0 fully saturated rings. The van der Waals surface area contributed by atoms with Crippen molar-refractivity contribution in [3.05, 3.63) is 40.1 Å². The number of ether oxygens (including phenoxy) is 1. The lowest BCUT2D eigenvalue weighted by atomic mass is 10.1. The molecule has 0 aromatic carbocycles. The van der Waals surface area contributed by atoms with E-state index in [4.69, 9.17) is 4.74 Å². The molecule has 4 nitrogen and oxygen atoms in total. The number of hydrogen-bond acceptors (Lipinski definition) is 5. The summed E-state index contributed by atoms with van der Waals surface area (Å²) < 4.78 is 5.72. The van der Waals surface area contributed by atoms with Crippen LogP contribution in [0.5, 0.6) is 5.75 Å². The molecule has 20 heavy (non-hydrogen) atoms. The predicted molar refractivity (Wildman–Crippen MR) is 82.4 cm³/mol. The second kappa shape index (κ2) is 6.81. The monoisotopic (exact) mass is 291 g/mol. The van der Waals surface area contributed by atoms with Gasteiger partial charge in [-0.2, -0.15) is 0 Å². The van der Waals surface area contributed by atoms with Crippen LogP contribution in [0.2, 0.25) is 0 Å². The number of rotatable bonds is 6. The van der Waals surface area contributed by atoms with Gasteiger partial charge in [-0.1, -0.05) is 6.92 Å². The molecule has 0 spiro atoms. The van der Waals surface area contributed by atoms with Crippen LogP contribution in [0.15, 0.2) is 23.8 Å². The van der Waals surface area contributed by atoms with E-state index in [0.717, 1.165) is 28.6 Å². The summed E-state index contributed by atoms with van der Waals surface area (Å²) in [6.45, 7) is 9.01. The largest absolute Gasteiger partial charge is 0.489 e. The fraction of sp³-hybridized carbons (Fsp3) is 0.467. The molecule has 108 valence electrons. The summed E-state index contributed by atoms with van der Waals surface area (Å²) in [5, 5.41) is 6.63. The van der Waals surface area contributed by atoms with Crippen LogP contribution in [0.4, 0.5) is 0 Å². The van der Waals surface area contributed by atoms with E-state index >= 15 is 0 Å². The van der Waals surface area contributed by atoms with Gasteiger partial charge in [0.2, 0.25) is 0 Å². The first-order valence-corrected chi connectivity index (χ1v) is 7.75. The van der Waals surface area contributed by atoms with Gasteiger partial charge in [-0.3, -0.25) is 4.98 Å². The molecule has 0 amide bonds. The van der Waals surface area contributed by atoms with Gasteiger partial charge < -0.3 is 10.1 Å². The number of nitrogens with one attached hydrogen (secondary N) is 1. The average molecular weight is 291 g/mol. The molecule has 0 aliphatic rings. The molecule has 1 atom stereocenters. The van der Waals surface area contributed by atoms with E-state index < -0.39 is 0 Å². The molecule has 2 rings (SSSR count). The molecule has 0 bridgehead atoms. The maximum Gasteiger partial charge on any atom is 0.138 e. The third-order valence-electron chi connectivity index (χ3n) is 2.78. The Morgan fingerprint density at radius 1 is 1.35 bits per heavy atom. The van der Waals surface area contributed by atoms with E-state index in [9.17, 15) is 0 Å². The fourth-order valence-corrected chi connectivity index (χ4v) is 2.68. The van der Waals surface area contributed by atoms with E-state index in [-0.39, 0.29) is 12.1 Å². The Morgan fingerprint density at radius 2 is 2.15 bits per heavy atom. The first-order valence-electron chi connectivity index (χ1n) is 6.87. The first kappa shape index (κ1) is 14.9. The summed E-state index contributed by atoms with van der Waals surface area (Å²) in [4.78, 5) is 8.87. The number of pyridine rings is 1. The number of hydrogen-bond donors (Lipinski definition) is 1. The predicted octanol–water partition coefficient (Wildman–Crippen LogP) is 3.33. The minimum Gasteiger partial charge on any atom is -0.489 e. The minimum absolute atomic E-state index is 0.0631. The smallest absolute Gasteiger partial charge is 0.138 e. The van der Waals surface area contributed by atoms with Gasteiger partial charge in [0.25, 0.3) is 0 Å². The summed E-state index contributed by atoms with van der Waals surface area (Å²) in [5.74, 6) is 0.798. The number of nitrogens with zero attached hydrogens (tertiary/aromatic N) is 2. The van der Waals surface area contributed by atoms with Crippen molar-refractivity contribution in [2.24, 2.45) is 0 Å². The Balaban J connectivity index is 2.29. The molecule has 0 saturated carbocycles. The van der Waals surface area contributed by atoms with Crippen LogP contribution >= 0.6 is 11.3 Å². The molecule has 1 unspecified atom stereocenters. The molecule has 2 heterocycles.